The van der Waals surface area contributed by atoms with Crippen LogP contribution in [-0.2, 0) is 10.5 Å². The Bertz CT molecular complexity index is 975. The first kappa shape index (κ1) is 20.5. The molecule has 148 valence electrons. The highest BCUT2D eigenvalue weighted by atomic mass is 32.2. The molecule has 0 radical (unpaired) electrons. The minimum Gasteiger partial charge on any atom is -0.322 e. The highest BCUT2D eigenvalue weighted by molar-refractivity contribution is 7.99. The predicted molar refractivity (Wildman–Crippen MR) is 112 cm³/mol. The van der Waals surface area contributed by atoms with Crippen LogP contribution in [0.3, 0.4) is 0 Å². The van der Waals surface area contributed by atoms with Gasteiger partial charge in [0.05, 0.1) is 5.75 Å². The molecule has 0 fully saturated rings. The maximum atomic E-state index is 13.5. The average Bonchev–Trinajstić information content (AvgIpc) is 2.72. The number of hydrogen-bond donors (Lipinski definition) is 2. The van der Waals surface area contributed by atoms with Gasteiger partial charge >= 0.3 is 0 Å². The summed E-state index contributed by atoms with van der Waals surface area (Å²) in [6.07, 6.45) is 0. The molecule has 7 heteroatoms. The largest absolute Gasteiger partial charge is 0.322 e. The van der Waals surface area contributed by atoms with Crippen molar-refractivity contribution in [3.8, 4) is 0 Å². The molecule has 0 saturated heterocycles. The van der Waals surface area contributed by atoms with E-state index in [1.165, 1.54) is 17.8 Å². The molecular formula is C22H18F2N2O2S. The lowest BCUT2D eigenvalue weighted by atomic mass is 10.1. The molecule has 0 heterocycles. The maximum Gasteiger partial charge on any atom is 0.255 e. The van der Waals surface area contributed by atoms with Crippen LogP contribution in [0.4, 0.5) is 20.2 Å². The fraction of sp³-hybridized carbons (Fsp3) is 0.0909. The number of nitrogens with one attached hydrogen (secondary N) is 2. The Balaban J connectivity index is 1.47. The third kappa shape index (κ3) is 5.89. The maximum absolute atomic E-state index is 13.5. The van der Waals surface area contributed by atoms with Gasteiger partial charge in [-0.15, -0.1) is 11.8 Å². The molecule has 4 nitrogen and oxygen atoms in total. The van der Waals surface area contributed by atoms with E-state index < -0.39 is 23.2 Å². The summed E-state index contributed by atoms with van der Waals surface area (Å²) in [6.45, 7) is 0. The van der Waals surface area contributed by atoms with Crippen molar-refractivity contribution in [3.05, 3.63) is 95.6 Å². The van der Waals surface area contributed by atoms with E-state index in [-0.39, 0.29) is 11.7 Å². The van der Waals surface area contributed by atoms with Crippen molar-refractivity contribution in [1.29, 1.82) is 0 Å². The Morgan fingerprint density at radius 3 is 2.10 bits per heavy atom. The monoisotopic (exact) mass is 412 g/mol. The van der Waals surface area contributed by atoms with Crippen LogP contribution in [0.1, 0.15) is 15.9 Å². The van der Waals surface area contributed by atoms with Crippen LogP contribution in [0.15, 0.2) is 72.8 Å². The van der Waals surface area contributed by atoms with Crippen LogP contribution in [0.5, 0.6) is 0 Å². The fourth-order valence-electron chi connectivity index (χ4n) is 2.53. The van der Waals surface area contributed by atoms with Gasteiger partial charge in [-0.2, -0.15) is 0 Å². The van der Waals surface area contributed by atoms with Gasteiger partial charge in [-0.25, -0.2) is 8.78 Å². The van der Waals surface area contributed by atoms with Crippen molar-refractivity contribution in [1.82, 2.24) is 0 Å². The smallest absolute Gasteiger partial charge is 0.255 e. The predicted octanol–water partition coefficient (Wildman–Crippen LogP) is 5.09. The van der Waals surface area contributed by atoms with Gasteiger partial charge < -0.3 is 10.6 Å². The van der Waals surface area contributed by atoms with E-state index in [0.717, 1.165) is 23.4 Å². The normalized spacial score (nSPS) is 10.4. The van der Waals surface area contributed by atoms with Gasteiger partial charge in [0.2, 0.25) is 5.91 Å². The molecular weight excluding hydrogens is 394 g/mol. The van der Waals surface area contributed by atoms with E-state index in [1.54, 1.807) is 36.4 Å². The van der Waals surface area contributed by atoms with Gasteiger partial charge in [-0.05, 0) is 42.0 Å². The van der Waals surface area contributed by atoms with Crippen LogP contribution < -0.4 is 10.6 Å². The highest BCUT2D eigenvalue weighted by Gasteiger charge is 2.12. The molecule has 0 aromatic heterocycles. The van der Waals surface area contributed by atoms with Gasteiger partial charge in [-0.3, -0.25) is 9.59 Å². The van der Waals surface area contributed by atoms with E-state index >= 15 is 0 Å². The zero-order chi connectivity index (χ0) is 20.6. The Morgan fingerprint density at radius 1 is 0.793 bits per heavy atom. The number of anilines is 2. The first-order valence-electron chi connectivity index (χ1n) is 8.80. The number of carbonyl (C=O) groups is 2. The molecule has 2 N–H and O–H groups in total. The molecule has 0 aliphatic heterocycles. The number of benzene rings is 3. The molecule has 3 aromatic rings. The molecule has 0 spiro atoms. The van der Waals surface area contributed by atoms with Crippen molar-refractivity contribution in [3.63, 3.8) is 0 Å². The van der Waals surface area contributed by atoms with E-state index in [9.17, 15) is 18.4 Å². The summed E-state index contributed by atoms with van der Waals surface area (Å²) in [6, 6.07) is 19.6. The standard InChI is InChI=1S/C22H18F2N2O2S/c23-18-7-4-8-19(24)21(18)26-20(27)14-29-13-15-9-11-16(12-10-15)22(28)25-17-5-2-1-3-6-17/h1-12H,13-14H2,(H,25,28)(H,26,27). The molecule has 0 unspecified atom stereocenters. The minimum atomic E-state index is -0.812. The van der Waals surface area contributed by atoms with Crippen LogP contribution in [0.25, 0.3) is 0 Å². The van der Waals surface area contributed by atoms with E-state index in [4.69, 9.17) is 0 Å². The summed E-state index contributed by atoms with van der Waals surface area (Å²) in [5.74, 6) is -1.75. The van der Waals surface area contributed by atoms with E-state index in [1.807, 2.05) is 18.2 Å². The second-order valence-electron chi connectivity index (χ2n) is 6.15. The molecule has 29 heavy (non-hydrogen) atoms. The van der Waals surface area contributed by atoms with Crippen molar-refractivity contribution in [2.45, 2.75) is 5.75 Å². The topological polar surface area (TPSA) is 58.2 Å². The van der Waals surface area contributed by atoms with Crippen molar-refractivity contribution < 1.29 is 18.4 Å². The molecule has 0 bridgehead atoms. The number of amides is 2. The summed E-state index contributed by atoms with van der Waals surface area (Å²) in [7, 11) is 0. The van der Waals surface area contributed by atoms with Gasteiger partial charge in [0, 0.05) is 17.0 Å². The molecule has 0 aliphatic rings. The lowest BCUT2D eigenvalue weighted by Crippen LogP contribution is -2.16. The second kappa shape index (κ2) is 9.84. The third-order valence-electron chi connectivity index (χ3n) is 3.98. The van der Waals surface area contributed by atoms with Crippen molar-refractivity contribution in [2.75, 3.05) is 16.4 Å². The number of halogens is 2. The summed E-state index contributed by atoms with van der Waals surface area (Å²) in [5.41, 5.74) is 1.73. The quantitative estimate of drug-likeness (QED) is 0.568. The zero-order valence-corrected chi connectivity index (χ0v) is 16.1. The zero-order valence-electron chi connectivity index (χ0n) is 15.3. The SMILES string of the molecule is O=C(CSCc1ccc(C(=O)Nc2ccccc2)cc1)Nc1c(F)cccc1F. The summed E-state index contributed by atoms with van der Waals surface area (Å²) < 4.78 is 27.1. The second-order valence-corrected chi connectivity index (χ2v) is 7.14. The van der Waals surface area contributed by atoms with Crippen LogP contribution in [0.2, 0.25) is 0 Å². The summed E-state index contributed by atoms with van der Waals surface area (Å²) in [5, 5.41) is 5.06. The van der Waals surface area contributed by atoms with Gasteiger partial charge in [0.1, 0.15) is 17.3 Å². The lowest BCUT2D eigenvalue weighted by molar-refractivity contribution is -0.113. The summed E-state index contributed by atoms with van der Waals surface area (Å²) in [4.78, 5) is 24.1. The number of hydrogen-bond acceptors (Lipinski definition) is 3. The Morgan fingerprint density at radius 2 is 1.45 bits per heavy atom. The van der Waals surface area contributed by atoms with Crippen LogP contribution >= 0.6 is 11.8 Å². The van der Waals surface area contributed by atoms with Crippen LogP contribution in [-0.4, -0.2) is 17.6 Å². The Hall–Kier alpha value is -3.19. The number of rotatable bonds is 7. The molecule has 3 aromatic carbocycles. The van der Waals surface area contributed by atoms with Gasteiger partial charge in [-0.1, -0.05) is 36.4 Å². The van der Waals surface area contributed by atoms with E-state index in [2.05, 4.69) is 10.6 Å². The summed E-state index contributed by atoms with van der Waals surface area (Å²) >= 11 is 1.30. The Kier molecular flexibility index (Phi) is 6.97. The number of thioether (sulfide) groups is 1. The van der Waals surface area contributed by atoms with Crippen molar-refractivity contribution in [2.24, 2.45) is 0 Å². The van der Waals surface area contributed by atoms with Crippen molar-refractivity contribution >= 4 is 35.0 Å². The highest BCUT2D eigenvalue weighted by Crippen LogP contribution is 2.19. The molecule has 0 saturated carbocycles. The molecule has 3 rings (SSSR count). The lowest BCUT2D eigenvalue weighted by Gasteiger charge is -2.08. The minimum absolute atomic E-state index is 0.0457. The number of para-hydroxylation sites is 2. The van der Waals surface area contributed by atoms with Gasteiger partial charge in [0.15, 0.2) is 0 Å². The molecule has 2 amide bonds. The fourth-order valence-corrected chi connectivity index (χ4v) is 3.32. The van der Waals surface area contributed by atoms with Crippen LogP contribution in [0, 0.1) is 11.6 Å². The first-order valence-corrected chi connectivity index (χ1v) is 9.95. The molecule has 0 aliphatic carbocycles. The third-order valence-corrected chi connectivity index (χ3v) is 4.98. The Labute approximate surface area is 171 Å². The van der Waals surface area contributed by atoms with Gasteiger partial charge in [0.25, 0.3) is 5.91 Å². The first-order chi connectivity index (χ1) is 14.0. The van der Waals surface area contributed by atoms with E-state index in [0.29, 0.717) is 11.3 Å². The number of carbonyl (C=O) groups excluding carboxylic acids is 2. The average molecular weight is 412 g/mol. The molecule has 0 atom stereocenters.